The Hall–Kier alpha value is -4.01. The largest absolute Gasteiger partial charge is 0.339 e. The summed E-state index contributed by atoms with van der Waals surface area (Å²) in [6, 6.07) is 13.1. The van der Waals surface area contributed by atoms with Crippen LogP contribution in [0.25, 0.3) is 22.4 Å². The zero-order valence-electron chi connectivity index (χ0n) is 17.7. The molecule has 162 valence electrons. The molecule has 32 heavy (non-hydrogen) atoms. The maximum atomic E-state index is 12.6. The highest BCUT2D eigenvalue weighted by atomic mass is 16.5. The number of rotatable bonds is 4. The summed E-state index contributed by atoms with van der Waals surface area (Å²) in [6.07, 6.45) is 0.295. The summed E-state index contributed by atoms with van der Waals surface area (Å²) in [5.41, 5.74) is 2.50. The van der Waals surface area contributed by atoms with Crippen LogP contribution in [0, 0.1) is 6.92 Å². The van der Waals surface area contributed by atoms with Crippen molar-refractivity contribution in [3.05, 3.63) is 74.6 Å². The fourth-order valence-electron chi connectivity index (χ4n) is 4.10. The van der Waals surface area contributed by atoms with Crippen molar-refractivity contribution in [2.24, 2.45) is 0 Å². The number of hydrogen-bond acceptors (Lipinski definition) is 6. The molecule has 2 aromatic carbocycles. The molecule has 0 aliphatic carbocycles. The molecule has 1 fully saturated rings. The Bertz CT molecular complexity index is 1450. The van der Waals surface area contributed by atoms with E-state index >= 15 is 0 Å². The van der Waals surface area contributed by atoms with E-state index in [1.165, 1.54) is 4.57 Å². The summed E-state index contributed by atoms with van der Waals surface area (Å²) in [5.74, 6) is 0.573. The molecule has 9 heteroatoms. The third-order valence-corrected chi connectivity index (χ3v) is 5.81. The second kappa shape index (κ2) is 7.60. The molecular weight excluding hydrogens is 410 g/mol. The quantitative estimate of drug-likeness (QED) is 0.497. The first-order valence-corrected chi connectivity index (χ1v) is 10.4. The van der Waals surface area contributed by atoms with Gasteiger partial charge in [-0.3, -0.25) is 14.4 Å². The highest BCUT2D eigenvalue weighted by Gasteiger charge is 2.35. The molecule has 4 aromatic rings. The zero-order chi connectivity index (χ0) is 22.4. The predicted octanol–water partition coefficient (Wildman–Crippen LogP) is 2.59. The third kappa shape index (κ3) is 3.31. The number of nitrogens with zero attached hydrogens (tertiary/aromatic N) is 4. The van der Waals surface area contributed by atoms with Gasteiger partial charge in [-0.25, -0.2) is 0 Å². The first-order chi connectivity index (χ1) is 15.4. The van der Waals surface area contributed by atoms with Crippen LogP contribution in [0.4, 0.5) is 5.69 Å². The van der Waals surface area contributed by atoms with Crippen molar-refractivity contribution in [3.63, 3.8) is 0 Å². The molecule has 2 aromatic heterocycles. The average molecular weight is 431 g/mol. The van der Waals surface area contributed by atoms with E-state index < -0.39 is 11.1 Å². The summed E-state index contributed by atoms with van der Waals surface area (Å²) in [5, 5.41) is 4.08. The summed E-state index contributed by atoms with van der Waals surface area (Å²) >= 11 is 0. The number of fused-ring (bicyclic) bond motifs is 1. The van der Waals surface area contributed by atoms with E-state index in [2.05, 4.69) is 15.1 Å². The maximum Gasteiger partial charge on any atom is 0.316 e. The molecule has 5 rings (SSSR count). The number of benzene rings is 2. The van der Waals surface area contributed by atoms with E-state index in [1.54, 1.807) is 23.1 Å². The van der Waals surface area contributed by atoms with Gasteiger partial charge in [0.15, 0.2) is 0 Å². The molecule has 0 bridgehead atoms. The molecule has 0 spiro atoms. The van der Waals surface area contributed by atoms with Gasteiger partial charge < -0.3 is 19.0 Å². The van der Waals surface area contributed by atoms with Gasteiger partial charge in [0.05, 0.1) is 17.0 Å². The molecule has 1 saturated heterocycles. The minimum absolute atomic E-state index is 0.0134. The van der Waals surface area contributed by atoms with Gasteiger partial charge in [0.2, 0.25) is 17.6 Å². The monoisotopic (exact) mass is 431 g/mol. The fourth-order valence-corrected chi connectivity index (χ4v) is 4.10. The molecule has 1 unspecified atom stereocenters. The SMILES string of the molecule is CCn1c(=O)c(=O)[nH]c2cc(-c3noc(C4CC(=O)N(c5ccc(C)cc5)C4)n3)ccc21. The second-order valence-corrected chi connectivity index (χ2v) is 7.93. The Morgan fingerprint density at radius 3 is 2.66 bits per heavy atom. The maximum absolute atomic E-state index is 12.6. The van der Waals surface area contributed by atoms with Crippen molar-refractivity contribution >= 4 is 22.6 Å². The van der Waals surface area contributed by atoms with E-state index in [0.29, 0.717) is 47.8 Å². The normalized spacial score (nSPS) is 16.2. The summed E-state index contributed by atoms with van der Waals surface area (Å²) in [6.45, 7) is 4.67. The standard InChI is InChI=1S/C23H21N5O4/c1-3-27-18-9-6-14(10-17(18)24-21(30)23(27)31)20-25-22(32-26-20)15-11-19(29)28(12-15)16-7-4-13(2)5-8-16/h4-10,15H,3,11-12H2,1-2H3,(H,24,30). The molecule has 9 nitrogen and oxygen atoms in total. The summed E-state index contributed by atoms with van der Waals surface area (Å²) in [4.78, 5) is 45.4. The highest BCUT2D eigenvalue weighted by Crippen LogP contribution is 2.32. The van der Waals surface area contributed by atoms with Crippen LogP contribution >= 0.6 is 0 Å². The van der Waals surface area contributed by atoms with Crippen molar-refractivity contribution in [2.45, 2.75) is 32.7 Å². The van der Waals surface area contributed by atoms with E-state index in [4.69, 9.17) is 4.52 Å². The molecule has 1 amide bonds. The molecule has 1 atom stereocenters. The number of aryl methyl sites for hydroxylation is 2. The molecule has 1 N–H and O–H groups in total. The molecule has 3 heterocycles. The van der Waals surface area contributed by atoms with Gasteiger partial charge >= 0.3 is 11.1 Å². The number of hydrogen-bond donors (Lipinski definition) is 1. The third-order valence-electron chi connectivity index (χ3n) is 5.81. The van der Waals surface area contributed by atoms with E-state index in [-0.39, 0.29) is 11.8 Å². The molecule has 1 aliphatic rings. The smallest absolute Gasteiger partial charge is 0.316 e. The van der Waals surface area contributed by atoms with Crippen molar-refractivity contribution in [3.8, 4) is 11.4 Å². The van der Waals surface area contributed by atoms with E-state index in [1.807, 2.05) is 38.1 Å². The Balaban J connectivity index is 1.44. The summed E-state index contributed by atoms with van der Waals surface area (Å²) in [7, 11) is 0. The van der Waals surface area contributed by atoms with Crippen molar-refractivity contribution in [2.75, 3.05) is 11.4 Å². The van der Waals surface area contributed by atoms with Crippen LogP contribution in [-0.2, 0) is 11.3 Å². The Morgan fingerprint density at radius 2 is 1.91 bits per heavy atom. The molecule has 0 saturated carbocycles. The van der Waals surface area contributed by atoms with Gasteiger partial charge in [0.1, 0.15) is 0 Å². The Labute approximate surface area is 182 Å². The fraction of sp³-hybridized carbons (Fsp3) is 0.261. The first-order valence-electron chi connectivity index (χ1n) is 10.4. The lowest BCUT2D eigenvalue weighted by molar-refractivity contribution is -0.117. The van der Waals surface area contributed by atoms with Gasteiger partial charge in [-0.15, -0.1) is 0 Å². The van der Waals surface area contributed by atoms with E-state index in [0.717, 1.165) is 11.3 Å². The van der Waals surface area contributed by atoms with Crippen LogP contribution in [0.3, 0.4) is 0 Å². The highest BCUT2D eigenvalue weighted by molar-refractivity contribution is 5.96. The number of carbonyl (C=O) groups is 1. The van der Waals surface area contributed by atoms with Gasteiger partial charge in [0.25, 0.3) is 0 Å². The lowest BCUT2D eigenvalue weighted by Crippen LogP contribution is -2.35. The minimum atomic E-state index is -0.675. The summed E-state index contributed by atoms with van der Waals surface area (Å²) < 4.78 is 6.91. The van der Waals surface area contributed by atoms with Gasteiger partial charge in [-0.2, -0.15) is 4.98 Å². The Kier molecular flexibility index (Phi) is 4.73. The average Bonchev–Trinajstić information content (AvgIpc) is 3.42. The number of carbonyl (C=O) groups excluding carboxylic acids is 1. The Morgan fingerprint density at radius 1 is 1.12 bits per heavy atom. The van der Waals surface area contributed by atoms with Gasteiger partial charge in [-0.1, -0.05) is 22.9 Å². The number of H-pyrrole nitrogens is 1. The molecule has 1 aliphatic heterocycles. The number of nitrogens with one attached hydrogen (secondary N) is 1. The van der Waals surface area contributed by atoms with Gasteiger partial charge in [-0.05, 0) is 44.2 Å². The topological polar surface area (TPSA) is 114 Å². The lowest BCUT2D eigenvalue weighted by Gasteiger charge is -2.16. The number of anilines is 1. The van der Waals surface area contributed by atoms with Crippen LogP contribution in [0.1, 0.15) is 30.7 Å². The predicted molar refractivity (Wildman–Crippen MR) is 119 cm³/mol. The van der Waals surface area contributed by atoms with Crippen molar-refractivity contribution < 1.29 is 9.32 Å². The van der Waals surface area contributed by atoms with Crippen molar-refractivity contribution in [1.82, 2.24) is 19.7 Å². The van der Waals surface area contributed by atoms with Crippen LogP contribution in [0.5, 0.6) is 0 Å². The first kappa shape index (κ1) is 19.9. The van der Waals surface area contributed by atoms with Crippen LogP contribution in [0.2, 0.25) is 0 Å². The molecular formula is C23H21N5O4. The van der Waals surface area contributed by atoms with Crippen molar-refractivity contribution in [1.29, 1.82) is 0 Å². The van der Waals surface area contributed by atoms with Crippen LogP contribution < -0.4 is 16.0 Å². The zero-order valence-corrected chi connectivity index (χ0v) is 17.7. The number of aromatic nitrogens is 4. The number of amides is 1. The van der Waals surface area contributed by atoms with Crippen LogP contribution in [0.15, 0.2) is 56.6 Å². The van der Waals surface area contributed by atoms with E-state index in [9.17, 15) is 14.4 Å². The second-order valence-electron chi connectivity index (χ2n) is 7.93. The lowest BCUT2D eigenvalue weighted by atomic mass is 10.1. The van der Waals surface area contributed by atoms with Gasteiger partial charge in [0, 0.05) is 30.8 Å². The molecule has 0 radical (unpaired) electrons. The van der Waals surface area contributed by atoms with Crippen LogP contribution in [-0.4, -0.2) is 32.1 Å². The number of aromatic amines is 1. The minimum Gasteiger partial charge on any atom is -0.339 e.